The number of rotatable bonds is 2. The molecule has 0 bridgehead atoms. The van der Waals surface area contributed by atoms with Crippen LogP contribution in [0, 0.1) is 5.92 Å². The van der Waals surface area contributed by atoms with E-state index in [0.29, 0.717) is 18.3 Å². The number of carbonyl (C=O) groups excluding carboxylic acids is 1. The maximum atomic E-state index is 12.1. The minimum absolute atomic E-state index is 0.0253. The first-order valence-corrected chi connectivity index (χ1v) is 7.08. The van der Waals surface area contributed by atoms with E-state index in [1.54, 1.807) is 18.5 Å². The highest BCUT2D eigenvalue weighted by atomic mass is 16.1. The molecule has 1 aromatic heterocycles. The smallest absolute Gasteiger partial charge is 0.250 e. The minimum Gasteiger partial charge on any atom is -0.290 e. The van der Waals surface area contributed by atoms with Crippen molar-refractivity contribution in [2.24, 2.45) is 10.9 Å². The molecule has 21 heavy (non-hydrogen) atoms. The van der Waals surface area contributed by atoms with Gasteiger partial charge in [0.2, 0.25) is 5.95 Å². The van der Waals surface area contributed by atoms with Crippen molar-refractivity contribution in [2.45, 2.75) is 19.4 Å². The summed E-state index contributed by atoms with van der Waals surface area (Å²) in [5.74, 6) is 1.34. The Bertz CT molecular complexity index is 722. The highest BCUT2D eigenvalue weighted by Crippen LogP contribution is 2.32. The van der Waals surface area contributed by atoms with E-state index in [1.165, 1.54) is 0 Å². The molecule has 0 spiro atoms. The van der Waals surface area contributed by atoms with Crippen LogP contribution in [0.4, 0.5) is 5.95 Å². The average Bonchev–Trinajstić information content (AvgIpc) is 3.32. The van der Waals surface area contributed by atoms with Crippen LogP contribution in [0.15, 0.2) is 47.7 Å². The zero-order valence-electron chi connectivity index (χ0n) is 11.4. The Balaban J connectivity index is 1.78. The Morgan fingerprint density at radius 1 is 1.14 bits per heavy atom. The van der Waals surface area contributed by atoms with E-state index in [-0.39, 0.29) is 11.8 Å². The topological polar surface area (TPSA) is 58.5 Å². The van der Waals surface area contributed by atoms with Gasteiger partial charge in [-0.15, -0.1) is 0 Å². The van der Waals surface area contributed by atoms with Crippen molar-refractivity contribution in [3.8, 4) is 0 Å². The average molecular weight is 278 g/mol. The quantitative estimate of drug-likeness (QED) is 0.845. The number of nitrogens with zero attached hydrogens (tertiary/aromatic N) is 4. The van der Waals surface area contributed by atoms with Gasteiger partial charge in [-0.25, -0.2) is 9.97 Å². The number of anilines is 1. The van der Waals surface area contributed by atoms with E-state index < -0.39 is 0 Å². The van der Waals surface area contributed by atoms with Gasteiger partial charge in [0.25, 0.3) is 5.91 Å². The molecule has 0 N–H and O–H groups in total. The van der Waals surface area contributed by atoms with Gasteiger partial charge in [0.05, 0.1) is 6.54 Å². The number of aromatic nitrogens is 2. The largest absolute Gasteiger partial charge is 0.290 e. The summed E-state index contributed by atoms with van der Waals surface area (Å²) in [7, 11) is 0. The lowest BCUT2D eigenvalue weighted by atomic mass is 10.1. The van der Waals surface area contributed by atoms with Gasteiger partial charge in [-0.1, -0.05) is 24.3 Å². The molecular formula is C16H14N4O. The number of hydrogen-bond donors (Lipinski definition) is 0. The molecule has 2 aliphatic rings. The number of benzene rings is 1. The van der Waals surface area contributed by atoms with Gasteiger partial charge >= 0.3 is 0 Å². The van der Waals surface area contributed by atoms with E-state index in [9.17, 15) is 4.79 Å². The van der Waals surface area contributed by atoms with Gasteiger partial charge in [-0.05, 0) is 24.5 Å². The van der Waals surface area contributed by atoms with Crippen molar-refractivity contribution in [2.75, 3.05) is 4.90 Å². The number of fused-ring (bicyclic) bond motifs is 1. The molecule has 0 radical (unpaired) electrons. The van der Waals surface area contributed by atoms with Crippen LogP contribution in [-0.2, 0) is 11.3 Å². The van der Waals surface area contributed by atoms with Gasteiger partial charge in [-0.3, -0.25) is 9.69 Å². The summed E-state index contributed by atoms with van der Waals surface area (Å²) in [6.45, 7) is 0.650. The fourth-order valence-corrected chi connectivity index (χ4v) is 2.51. The summed E-state index contributed by atoms with van der Waals surface area (Å²) in [5.41, 5.74) is 2.14. The molecule has 1 aliphatic heterocycles. The summed E-state index contributed by atoms with van der Waals surface area (Å²) >= 11 is 0. The predicted molar refractivity (Wildman–Crippen MR) is 78.9 cm³/mol. The van der Waals surface area contributed by atoms with Crippen molar-refractivity contribution < 1.29 is 4.79 Å². The lowest BCUT2D eigenvalue weighted by Gasteiger charge is -2.16. The van der Waals surface area contributed by atoms with Crippen LogP contribution in [-0.4, -0.2) is 21.7 Å². The summed E-state index contributed by atoms with van der Waals surface area (Å²) < 4.78 is 0. The first-order valence-electron chi connectivity index (χ1n) is 7.08. The van der Waals surface area contributed by atoms with Crippen LogP contribution in [0.3, 0.4) is 0 Å². The molecule has 5 nitrogen and oxygen atoms in total. The summed E-state index contributed by atoms with van der Waals surface area (Å²) in [5, 5.41) is 0. The normalized spacial score (nSPS) is 18.9. The Morgan fingerprint density at radius 3 is 2.67 bits per heavy atom. The predicted octanol–water partition coefficient (Wildman–Crippen LogP) is 2.18. The summed E-state index contributed by atoms with van der Waals surface area (Å²) in [4.78, 5) is 26.9. The number of amides is 1. The molecule has 1 amide bonds. The van der Waals surface area contributed by atoms with Crippen LogP contribution in [0.2, 0.25) is 0 Å². The van der Waals surface area contributed by atoms with Crippen LogP contribution in [0.5, 0.6) is 0 Å². The standard InChI is InChI=1S/C16H14N4O/c21-15(11-6-7-11)19-14-13-5-2-1-4-12(13)10-20(14)16-17-8-3-9-18-16/h1-5,8-9,11H,6-7,10H2. The maximum Gasteiger partial charge on any atom is 0.250 e. The zero-order valence-corrected chi connectivity index (χ0v) is 11.4. The molecule has 1 fully saturated rings. The first kappa shape index (κ1) is 12.2. The van der Waals surface area contributed by atoms with Crippen molar-refractivity contribution in [1.29, 1.82) is 0 Å². The molecule has 104 valence electrons. The van der Waals surface area contributed by atoms with Gasteiger partial charge in [0.1, 0.15) is 5.84 Å². The first-order chi connectivity index (χ1) is 10.3. The molecule has 0 saturated heterocycles. The number of aliphatic imine (C=N–C) groups is 1. The van der Waals surface area contributed by atoms with Crippen molar-refractivity contribution >= 4 is 17.7 Å². The Morgan fingerprint density at radius 2 is 1.90 bits per heavy atom. The van der Waals surface area contributed by atoms with E-state index in [2.05, 4.69) is 21.0 Å². The molecule has 1 aromatic carbocycles. The van der Waals surface area contributed by atoms with Crippen LogP contribution >= 0.6 is 0 Å². The van der Waals surface area contributed by atoms with Gasteiger partial charge in [-0.2, -0.15) is 4.99 Å². The number of amidine groups is 1. The molecule has 1 aliphatic carbocycles. The lowest BCUT2D eigenvalue weighted by molar-refractivity contribution is -0.118. The fraction of sp³-hybridized carbons (Fsp3) is 0.250. The third-order valence-corrected chi connectivity index (χ3v) is 3.78. The van der Waals surface area contributed by atoms with E-state index in [4.69, 9.17) is 0 Å². The molecule has 2 aromatic rings. The van der Waals surface area contributed by atoms with E-state index in [1.807, 2.05) is 23.1 Å². The van der Waals surface area contributed by atoms with Gasteiger partial charge in [0, 0.05) is 23.9 Å². The van der Waals surface area contributed by atoms with Crippen LogP contribution in [0.25, 0.3) is 0 Å². The Hall–Kier alpha value is -2.56. The van der Waals surface area contributed by atoms with Crippen molar-refractivity contribution in [3.63, 3.8) is 0 Å². The van der Waals surface area contributed by atoms with Crippen molar-refractivity contribution in [1.82, 2.24) is 9.97 Å². The second-order valence-corrected chi connectivity index (χ2v) is 5.34. The highest BCUT2D eigenvalue weighted by Gasteiger charge is 2.33. The summed E-state index contributed by atoms with van der Waals surface area (Å²) in [6, 6.07) is 9.78. The molecule has 0 atom stereocenters. The highest BCUT2D eigenvalue weighted by molar-refractivity contribution is 6.16. The minimum atomic E-state index is -0.0253. The third kappa shape index (κ3) is 2.20. The third-order valence-electron chi connectivity index (χ3n) is 3.78. The SMILES string of the molecule is O=C(N=C1c2ccccc2CN1c1ncccn1)C1CC1. The molecule has 5 heteroatoms. The monoisotopic (exact) mass is 278 g/mol. The second-order valence-electron chi connectivity index (χ2n) is 5.34. The molecular weight excluding hydrogens is 264 g/mol. The van der Waals surface area contributed by atoms with Gasteiger partial charge < -0.3 is 0 Å². The fourth-order valence-electron chi connectivity index (χ4n) is 2.51. The Labute approximate surface area is 122 Å². The van der Waals surface area contributed by atoms with E-state index >= 15 is 0 Å². The molecule has 0 unspecified atom stereocenters. The molecule has 4 rings (SSSR count). The van der Waals surface area contributed by atoms with Gasteiger partial charge in [0.15, 0.2) is 0 Å². The van der Waals surface area contributed by atoms with Crippen molar-refractivity contribution in [3.05, 3.63) is 53.9 Å². The maximum absolute atomic E-state index is 12.1. The number of hydrogen-bond acceptors (Lipinski definition) is 3. The number of carbonyl (C=O) groups is 1. The lowest BCUT2D eigenvalue weighted by Crippen LogP contribution is -2.27. The summed E-state index contributed by atoms with van der Waals surface area (Å²) in [6.07, 6.45) is 5.31. The van der Waals surface area contributed by atoms with E-state index in [0.717, 1.165) is 24.0 Å². The molecule has 1 saturated carbocycles. The Kier molecular flexibility index (Phi) is 2.77. The van der Waals surface area contributed by atoms with Crippen LogP contribution < -0.4 is 4.90 Å². The zero-order chi connectivity index (χ0) is 14.2. The van der Waals surface area contributed by atoms with Crippen LogP contribution in [0.1, 0.15) is 24.0 Å². The second kappa shape index (κ2) is 4.77. The molecule has 2 heterocycles.